The molecule has 4 aromatic rings. The van der Waals surface area contributed by atoms with Crippen LogP contribution in [0.15, 0.2) is 77.7 Å². The third kappa shape index (κ3) is 6.24. The minimum Gasteiger partial charge on any atom is -0.326 e. The lowest BCUT2D eigenvalue weighted by atomic mass is 10.1. The number of unbranched alkanes of at least 4 members (excludes halogenated alkanes) is 1. The number of hydrogen-bond donors (Lipinski definition) is 2. The van der Waals surface area contributed by atoms with Gasteiger partial charge in [-0.3, -0.25) is 9.59 Å². The average Bonchev–Trinajstić information content (AvgIpc) is 3.24. The molecule has 0 bridgehead atoms. The number of aromatic nitrogens is 1. The standard InChI is InChI=1S/C27H27N3O2S2/c1-3-4-10-24(31)28-20-12-14-21(15-13-20)33-25(19-8-6-5-7-9-19)26(32)30-27-29-22-16-11-18(2)17-23(22)34-27/h5-9,11-17,25H,3-4,10H2,1-2H3,(H,28,31)(H,29,30,32). The summed E-state index contributed by atoms with van der Waals surface area (Å²) in [5, 5.41) is 6.09. The molecule has 0 fully saturated rings. The predicted molar refractivity (Wildman–Crippen MR) is 143 cm³/mol. The van der Waals surface area contributed by atoms with Crippen LogP contribution < -0.4 is 10.6 Å². The van der Waals surface area contributed by atoms with Crippen LogP contribution in [0.3, 0.4) is 0 Å². The molecule has 7 heteroatoms. The molecule has 0 aliphatic carbocycles. The molecular weight excluding hydrogens is 462 g/mol. The van der Waals surface area contributed by atoms with Crippen molar-refractivity contribution in [2.45, 2.75) is 43.3 Å². The number of thioether (sulfide) groups is 1. The number of fused-ring (bicyclic) bond motifs is 1. The van der Waals surface area contributed by atoms with Crippen molar-refractivity contribution >= 4 is 55.9 Å². The topological polar surface area (TPSA) is 71.1 Å². The fourth-order valence-corrected chi connectivity index (χ4v) is 5.46. The quantitative estimate of drug-likeness (QED) is 0.244. The van der Waals surface area contributed by atoms with Gasteiger partial charge in [-0.2, -0.15) is 0 Å². The van der Waals surface area contributed by atoms with Gasteiger partial charge in [0.05, 0.1) is 10.2 Å². The fourth-order valence-electron chi connectivity index (χ4n) is 3.47. The third-order valence-corrected chi connectivity index (χ3v) is 7.46. The lowest BCUT2D eigenvalue weighted by molar-refractivity contribution is -0.116. The van der Waals surface area contributed by atoms with Gasteiger partial charge in [-0.05, 0) is 60.9 Å². The molecule has 0 radical (unpaired) electrons. The van der Waals surface area contributed by atoms with E-state index in [1.807, 2.05) is 73.7 Å². The smallest absolute Gasteiger partial charge is 0.244 e. The van der Waals surface area contributed by atoms with Gasteiger partial charge < -0.3 is 10.6 Å². The van der Waals surface area contributed by atoms with Gasteiger partial charge in [0.25, 0.3) is 0 Å². The van der Waals surface area contributed by atoms with E-state index in [1.165, 1.54) is 23.1 Å². The Morgan fingerprint density at radius 3 is 2.50 bits per heavy atom. The van der Waals surface area contributed by atoms with Gasteiger partial charge in [-0.1, -0.05) is 61.1 Å². The van der Waals surface area contributed by atoms with Crippen LogP contribution in [0.4, 0.5) is 10.8 Å². The molecule has 0 spiro atoms. The van der Waals surface area contributed by atoms with Crippen molar-refractivity contribution in [1.82, 2.24) is 4.98 Å². The van der Waals surface area contributed by atoms with Crippen molar-refractivity contribution in [3.63, 3.8) is 0 Å². The number of amides is 2. The van der Waals surface area contributed by atoms with Crippen molar-refractivity contribution in [2.24, 2.45) is 0 Å². The number of thiazole rings is 1. The highest BCUT2D eigenvalue weighted by Crippen LogP contribution is 2.37. The SMILES string of the molecule is CCCCC(=O)Nc1ccc(SC(C(=O)Nc2nc3ccc(C)cc3s2)c2ccccc2)cc1. The molecule has 1 heterocycles. The molecule has 2 amide bonds. The van der Waals surface area contributed by atoms with Gasteiger partial charge in [-0.25, -0.2) is 4.98 Å². The minimum atomic E-state index is -0.444. The highest BCUT2D eigenvalue weighted by atomic mass is 32.2. The summed E-state index contributed by atoms with van der Waals surface area (Å²) in [6, 6.07) is 23.4. The number of nitrogens with zero attached hydrogens (tertiary/aromatic N) is 1. The fraction of sp³-hybridized carbons (Fsp3) is 0.222. The van der Waals surface area contributed by atoms with Crippen molar-refractivity contribution in [3.05, 3.63) is 83.9 Å². The van der Waals surface area contributed by atoms with Crippen LogP contribution in [0.5, 0.6) is 0 Å². The monoisotopic (exact) mass is 489 g/mol. The molecule has 1 unspecified atom stereocenters. The lowest BCUT2D eigenvalue weighted by Gasteiger charge is -2.16. The first-order chi connectivity index (χ1) is 16.5. The summed E-state index contributed by atoms with van der Waals surface area (Å²) in [7, 11) is 0. The van der Waals surface area contributed by atoms with E-state index >= 15 is 0 Å². The minimum absolute atomic E-state index is 0.0230. The van der Waals surface area contributed by atoms with Crippen molar-refractivity contribution < 1.29 is 9.59 Å². The van der Waals surface area contributed by atoms with E-state index in [1.54, 1.807) is 0 Å². The van der Waals surface area contributed by atoms with Crippen molar-refractivity contribution in [1.29, 1.82) is 0 Å². The molecule has 4 rings (SSSR count). The number of nitrogens with one attached hydrogen (secondary N) is 2. The Morgan fingerprint density at radius 1 is 1.00 bits per heavy atom. The predicted octanol–water partition coefficient (Wildman–Crippen LogP) is 7.21. The van der Waals surface area contributed by atoms with E-state index in [-0.39, 0.29) is 11.8 Å². The summed E-state index contributed by atoms with van der Waals surface area (Å²) in [5.74, 6) is -0.0984. The second-order valence-electron chi connectivity index (χ2n) is 8.06. The molecule has 0 saturated heterocycles. The lowest BCUT2D eigenvalue weighted by Crippen LogP contribution is -2.18. The van der Waals surface area contributed by atoms with Crippen LogP contribution in [0.2, 0.25) is 0 Å². The molecule has 0 aliphatic rings. The second-order valence-corrected chi connectivity index (χ2v) is 10.3. The molecule has 3 aromatic carbocycles. The largest absolute Gasteiger partial charge is 0.326 e. The van der Waals surface area contributed by atoms with Crippen LogP contribution in [0, 0.1) is 6.92 Å². The first-order valence-electron chi connectivity index (χ1n) is 11.3. The van der Waals surface area contributed by atoms with E-state index < -0.39 is 5.25 Å². The first-order valence-corrected chi connectivity index (χ1v) is 13.0. The van der Waals surface area contributed by atoms with E-state index in [4.69, 9.17) is 0 Å². The van der Waals surface area contributed by atoms with Gasteiger partial charge in [0.15, 0.2) is 5.13 Å². The van der Waals surface area contributed by atoms with E-state index in [0.29, 0.717) is 11.6 Å². The molecule has 5 nitrogen and oxygen atoms in total. The number of anilines is 2. The van der Waals surface area contributed by atoms with Gasteiger partial charge >= 0.3 is 0 Å². The molecule has 34 heavy (non-hydrogen) atoms. The maximum absolute atomic E-state index is 13.4. The maximum atomic E-state index is 13.4. The molecule has 1 atom stereocenters. The van der Waals surface area contributed by atoms with Crippen LogP contribution in [0.1, 0.15) is 42.6 Å². The Hall–Kier alpha value is -3.16. The number of carbonyl (C=O) groups is 2. The first kappa shape index (κ1) is 24.0. The maximum Gasteiger partial charge on any atom is 0.244 e. The number of benzene rings is 3. The molecule has 174 valence electrons. The van der Waals surface area contributed by atoms with E-state index in [0.717, 1.165) is 44.8 Å². The Labute approximate surface area is 208 Å². The molecule has 0 aliphatic heterocycles. The Bertz CT molecular complexity index is 1270. The summed E-state index contributed by atoms with van der Waals surface area (Å²) in [4.78, 5) is 30.9. The normalized spacial score (nSPS) is 11.8. The number of carbonyl (C=O) groups excluding carboxylic acids is 2. The van der Waals surface area contributed by atoms with Crippen LogP contribution >= 0.6 is 23.1 Å². The van der Waals surface area contributed by atoms with Crippen molar-refractivity contribution in [3.8, 4) is 0 Å². The van der Waals surface area contributed by atoms with E-state index in [2.05, 4.69) is 28.6 Å². The van der Waals surface area contributed by atoms with Crippen LogP contribution in [0.25, 0.3) is 10.2 Å². The zero-order valence-electron chi connectivity index (χ0n) is 19.2. The Kier molecular flexibility index (Phi) is 7.98. The summed E-state index contributed by atoms with van der Waals surface area (Å²) < 4.78 is 1.05. The highest BCUT2D eigenvalue weighted by Gasteiger charge is 2.23. The van der Waals surface area contributed by atoms with Gasteiger partial charge in [0, 0.05) is 17.0 Å². The number of rotatable bonds is 9. The van der Waals surface area contributed by atoms with Crippen LogP contribution in [-0.4, -0.2) is 16.8 Å². The summed E-state index contributed by atoms with van der Waals surface area (Å²) in [6.07, 6.45) is 2.39. The van der Waals surface area contributed by atoms with Gasteiger partial charge in [-0.15, -0.1) is 11.8 Å². The zero-order chi connectivity index (χ0) is 23.9. The summed E-state index contributed by atoms with van der Waals surface area (Å²) in [6.45, 7) is 4.11. The Morgan fingerprint density at radius 2 is 1.76 bits per heavy atom. The highest BCUT2D eigenvalue weighted by molar-refractivity contribution is 8.00. The second kappa shape index (κ2) is 11.3. The third-order valence-electron chi connectivity index (χ3n) is 5.26. The molecule has 0 saturated carbocycles. The molecular formula is C27H27N3O2S2. The average molecular weight is 490 g/mol. The zero-order valence-corrected chi connectivity index (χ0v) is 20.8. The molecule has 2 N–H and O–H groups in total. The summed E-state index contributed by atoms with van der Waals surface area (Å²) >= 11 is 2.95. The van der Waals surface area contributed by atoms with Gasteiger partial charge in [0.1, 0.15) is 5.25 Å². The van der Waals surface area contributed by atoms with E-state index in [9.17, 15) is 9.59 Å². The van der Waals surface area contributed by atoms with Crippen molar-refractivity contribution in [2.75, 3.05) is 10.6 Å². The summed E-state index contributed by atoms with van der Waals surface area (Å²) in [5.41, 5.74) is 3.72. The Balaban J connectivity index is 1.50. The number of aryl methyl sites for hydroxylation is 1. The number of hydrogen-bond acceptors (Lipinski definition) is 5. The van der Waals surface area contributed by atoms with Crippen LogP contribution in [-0.2, 0) is 9.59 Å². The van der Waals surface area contributed by atoms with Gasteiger partial charge in [0.2, 0.25) is 11.8 Å². The molecule has 1 aromatic heterocycles.